The first-order chi connectivity index (χ1) is 9.56. The van der Waals surface area contributed by atoms with Crippen LogP contribution >= 0.6 is 11.6 Å². The second-order valence-corrected chi connectivity index (χ2v) is 4.65. The molecule has 6 heteroatoms. The van der Waals surface area contributed by atoms with Gasteiger partial charge in [-0.2, -0.15) is 0 Å². The van der Waals surface area contributed by atoms with Crippen LogP contribution in [0.2, 0.25) is 5.15 Å². The molecule has 104 valence electrons. The van der Waals surface area contributed by atoms with Crippen molar-refractivity contribution in [2.24, 2.45) is 0 Å². The lowest BCUT2D eigenvalue weighted by atomic mass is 10.1. The maximum absolute atomic E-state index is 11.9. The zero-order valence-electron chi connectivity index (χ0n) is 10.6. The molecule has 1 heterocycles. The van der Waals surface area contributed by atoms with Crippen LogP contribution in [0.5, 0.6) is 5.75 Å². The molecular formula is C14H14ClN3O2. The van der Waals surface area contributed by atoms with Gasteiger partial charge in [0.2, 0.25) is 0 Å². The fourth-order valence-electron chi connectivity index (χ4n) is 1.72. The lowest BCUT2D eigenvalue weighted by Gasteiger charge is -2.07. The molecule has 0 atom stereocenters. The molecule has 5 nitrogen and oxygen atoms in total. The zero-order chi connectivity index (χ0) is 14.5. The maximum Gasteiger partial charge on any atom is 0.253 e. The summed E-state index contributed by atoms with van der Waals surface area (Å²) in [4.78, 5) is 15.7. The molecule has 0 fully saturated rings. The van der Waals surface area contributed by atoms with E-state index < -0.39 is 0 Å². The molecule has 4 N–H and O–H groups in total. The Bertz CT molecular complexity index is 614. The van der Waals surface area contributed by atoms with Crippen LogP contribution in [0.15, 0.2) is 36.5 Å². The van der Waals surface area contributed by atoms with E-state index in [1.54, 1.807) is 24.3 Å². The van der Waals surface area contributed by atoms with Gasteiger partial charge in [-0.05, 0) is 30.2 Å². The number of benzene rings is 1. The van der Waals surface area contributed by atoms with Crippen LogP contribution in [0, 0.1) is 0 Å². The Hall–Kier alpha value is -2.27. The summed E-state index contributed by atoms with van der Waals surface area (Å²) >= 11 is 5.74. The van der Waals surface area contributed by atoms with Crippen LogP contribution < -0.4 is 11.1 Å². The van der Waals surface area contributed by atoms with Crippen LogP contribution in [0.25, 0.3) is 0 Å². The molecule has 2 aromatic rings. The molecular weight excluding hydrogens is 278 g/mol. The summed E-state index contributed by atoms with van der Waals surface area (Å²) in [7, 11) is 0. The van der Waals surface area contributed by atoms with Crippen molar-refractivity contribution in [1.82, 2.24) is 10.3 Å². The second-order valence-electron chi connectivity index (χ2n) is 4.27. The summed E-state index contributed by atoms with van der Waals surface area (Å²) in [6.07, 6.45) is 2.02. The van der Waals surface area contributed by atoms with Gasteiger partial charge in [0.25, 0.3) is 5.91 Å². The number of anilines is 1. The predicted octanol–water partition coefficient (Wildman–Crippen LogP) is 2.00. The van der Waals surface area contributed by atoms with Crippen LogP contribution in [0.4, 0.5) is 5.69 Å². The largest absolute Gasteiger partial charge is 0.508 e. The molecule has 0 saturated heterocycles. The Morgan fingerprint density at radius 1 is 1.35 bits per heavy atom. The smallest absolute Gasteiger partial charge is 0.253 e. The van der Waals surface area contributed by atoms with Crippen molar-refractivity contribution in [2.45, 2.75) is 6.42 Å². The molecule has 0 bridgehead atoms. The predicted molar refractivity (Wildman–Crippen MR) is 77.8 cm³/mol. The number of aromatic hydroxyl groups is 1. The number of nitrogens with one attached hydrogen (secondary N) is 1. The van der Waals surface area contributed by atoms with Gasteiger partial charge in [0, 0.05) is 6.54 Å². The summed E-state index contributed by atoms with van der Waals surface area (Å²) in [6, 6.07) is 8.26. The van der Waals surface area contributed by atoms with Gasteiger partial charge in [0.05, 0.1) is 17.4 Å². The second kappa shape index (κ2) is 6.25. The van der Waals surface area contributed by atoms with E-state index >= 15 is 0 Å². The molecule has 20 heavy (non-hydrogen) atoms. The summed E-state index contributed by atoms with van der Waals surface area (Å²) in [5.74, 6) is -0.0671. The average molecular weight is 292 g/mol. The average Bonchev–Trinajstić information content (AvgIpc) is 2.43. The topological polar surface area (TPSA) is 88.2 Å². The summed E-state index contributed by atoms with van der Waals surface area (Å²) < 4.78 is 0. The summed E-state index contributed by atoms with van der Waals surface area (Å²) in [6.45, 7) is 0.461. The molecule has 2 rings (SSSR count). The van der Waals surface area contributed by atoms with Crippen molar-refractivity contribution in [3.05, 3.63) is 52.8 Å². The highest BCUT2D eigenvalue weighted by atomic mass is 35.5. The van der Waals surface area contributed by atoms with Crippen LogP contribution in [-0.2, 0) is 6.42 Å². The van der Waals surface area contributed by atoms with Crippen molar-refractivity contribution in [1.29, 1.82) is 0 Å². The van der Waals surface area contributed by atoms with E-state index in [2.05, 4.69) is 10.3 Å². The van der Waals surface area contributed by atoms with Gasteiger partial charge in [-0.25, -0.2) is 4.98 Å². The molecule has 0 aliphatic carbocycles. The molecule has 1 aromatic heterocycles. The normalized spacial score (nSPS) is 10.2. The van der Waals surface area contributed by atoms with Gasteiger partial charge in [-0.15, -0.1) is 0 Å². The van der Waals surface area contributed by atoms with E-state index in [9.17, 15) is 9.90 Å². The number of carbonyl (C=O) groups excluding carboxylic acids is 1. The number of nitrogens with two attached hydrogens (primary N) is 1. The number of hydrogen-bond donors (Lipinski definition) is 3. The van der Waals surface area contributed by atoms with Gasteiger partial charge in [-0.3, -0.25) is 4.79 Å². The van der Waals surface area contributed by atoms with Crippen LogP contribution in [0.3, 0.4) is 0 Å². The first-order valence-corrected chi connectivity index (χ1v) is 6.41. The molecule has 0 aliphatic rings. The summed E-state index contributed by atoms with van der Waals surface area (Å²) in [5.41, 5.74) is 7.30. The van der Waals surface area contributed by atoms with Gasteiger partial charge in [0.1, 0.15) is 10.9 Å². The van der Waals surface area contributed by atoms with Gasteiger partial charge in [0.15, 0.2) is 0 Å². The number of aromatic nitrogens is 1. The molecule has 1 amide bonds. The van der Waals surface area contributed by atoms with E-state index in [1.165, 1.54) is 12.3 Å². The fourth-order valence-corrected chi connectivity index (χ4v) is 1.87. The number of amides is 1. The zero-order valence-corrected chi connectivity index (χ0v) is 11.4. The Morgan fingerprint density at radius 2 is 2.05 bits per heavy atom. The summed E-state index contributed by atoms with van der Waals surface area (Å²) in [5, 5.41) is 12.2. The minimum atomic E-state index is -0.287. The fraction of sp³-hybridized carbons (Fsp3) is 0.143. The van der Waals surface area contributed by atoms with Gasteiger partial charge < -0.3 is 16.2 Å². The Balaban J connectivity index is 1.92. The van der Waals surface area contributed by atoms with Crippen LogP contribution in [0.1, 0.15) is 15.9 Å². The highest BCUT2D eigenvalue weighted by Crippen LogP contribution is 2.15. The third kappa shape index (κ3) is 3.61. The number of phenolic OH excluding ortho intramolecular Hbond substituents is 1. The first kappa shape index (κ1) is 14.1. The molecule has 0 spiro atoms. The maximum atomic E-state index is 11.9. The lowest BCUT2D eigenvalue weighted by molar-refractivity contribution is 0.0955. The monoisotopic (exact) mass is 291 g/mol. The highest BCUT2D eigenvalue weighted by Gasteiger charge is 2.10. The lowest BCUT2D eigenvalue weighted by Crippen LogP contribution is -2.26. The van der Waals surface area contributed by atoms with Crippen molar-refractivity contribution in [3.8, 4) is 5.75 Å². The minimum Gasteiger partial charge on any atom is -0.508 e. The van der Waals surface area contributed by atoms with Crippen molar-refractivity contribution in [3.63, 3.8) is 0 Å². The van der Waals surface area contributed by atoms with Gasteiger partial charge >= 0.3 is 0 Å². The molecule has 0 unspecified atom stereocenters. The molecule has 0 radical (unpaired) electrons. The number of rotatable bonds is 4. The number of carbonyl (C=O) groups is 1. The highest BCUT2D eigenvalue weighted by molar-refractivity contribution is 6.29. The van der Waals surface area contributed by atoms with E-state index in [1.807, 2.05) is 0 Å². The third-order valence-electron chi connectivity index (χ3n) is 2.78. The van der Waals surface area contributed by atoms with Crippen molar-refractivity contribution in [2.75, 3.05) is 12.3 Å². The van der Waals surface area contributed by atoms with Crippen molar-refractivity contribution >= 4 is 23.2 Å². The van der Waals surface area contributed by atoms with E-state index in [0.29, 0.717) is 18.5 Å². The number of phenols is 1. The number of nitrogen functional groups attached to an aromatic ring is 1. The van der Waals surface area contributed by atoms with E-state index in [-0.39, 0.29) is 22.5 Å². The van der Waals surface area contributed by atoms with Crippen molar-refractivity contribution < 1.29 is 9.90 Å². The molecule has 0 saturated carbocycles. The number of halogens is 1. The van der Waals surface area contributed by atoms with E-state index in [4.69, 9.17) is 17.3 Å². The standard InChI is InChI=1S/C14H14ClN3O2/c15-13-7-11(12(16)8-18-13)14(20)17-6-5-9-1-3-10(19)4-2-9/h1-4,7-8,19H,5-6,16H2,(H,17,20). The SMILES string of the molecule is Nc1cnc(Cl)cc1C(=O)NCCc1ccc(O)cc1. The van der Waals surface area contributed by atoms with Crippen LogP contribution in [-0.4, -0.2) is 22.5 Å². The quantitative estimate of drug-likeness (QED) is 0.752. The Kier molecular flexibility index (Phi) is 4.42. The Morgan fingerprint density at radius 3 is 2.75 bits per heavy atom. The molecule has 1 aromatic carbocycles. The number of pyridine rings is 1. The number of nitrogens with zero attached hydrogens (tertiary/aromatic N) is 1. The molecule has 0 aliphatic heterocycles. The Labute approximate surface area is 121 Å². The third-order valence-corrected chi connectivity index (χ3v) is 2.99. The number of hydrogen-bond acceptors (Lipinski definition) is 4. The van der Waals surface area contributed by atoms with Gasteiger partial charge in [-0.1, -0.05) is 23.7 Å². The van der Waals surface area contributed by atoms with E-state index in [0.717, 1.165) is 5.56 Å². The minimum absolute atomic E-state index is 0.219. The first-order valence-electron chi connectivity index (χ1n) is 6.03.